The predicted octanol–water partition coefficient (Wildman–Crippen LogP) is 5.78. The summed E-state index contributed by atoms with van der Waals surface area (Å²) in [7, 11) is 0. The highest BCUT2D eigenvalue weighted by atomic mass is 16.5. The van der Waals surface area contributed by atoms with Crippen LogP contribution in [-0.4, -0.2) is 6.61 Å². The van der Waals surface area contributed by atoms with Gasteiger partial charge in [0.05, 0.1) is 6.61 Å². The van der Waals surface area contributed by atoms with Crippen LogP contribution in [0, 0.1) is 0 Å². The Bertz CT molecular complexity index is 576. The molecule has 0 fully saturated rings. The first-order chi connectivity index (χ1) is 10.8. The van der Waals surface area contributed by atoms with E-state index in [9.17, 15) is 0 Å². The van der Waals surface area contributed by atoms with Crippen LogP contribution in [0.5, 0.6) is 17.2 Å². The van der Waals surface area contributed by atoms with Crippen molar-refractivity contribution in [3.8, 4) is 17.2 Å². The number of allylic oxidation sites excluding steroid dienone is 1. The first-order valence-electron chi connectivity index (χ1n) is 7.93. The largest absolute Gasteiger partial charge is 0.493 e. The molecule has 2 aromatic rings. The molecule has 0 aliphatic rings. The van der Waals surface area contributed by atoms with Gasteiger partial charge in [-0.1, -0.05) is 50.1 Å². The van der Waals surface area contributed by atoms with Gasteiger partial charge in [0, 0.05) is 5.56 Å². The molecule has 22 heavy (non-hydrogen) atoms. The summed E-state index contributed by atoms with van der Waals surface area (Å²) in [6, 6.07) is 15.8. The molecule has 0 N–H and O–H groups in total. The van der Waals surface area contributed by atoms with Crippen molar-refractivity contribution in [2.75, 3.05) is 6.61 Å². The van der Waals surface area contributed by atoms with Gasteiger partial charge in [-0.3, -0.25) is 0 Å². The Morgan fingerprint density at radius 3 is 2.45 bits per heavy atom. The number of benzene rings is 2. The zero-order chi connectivity index (χ0) is 15.6. The minimum atomic E-state index is 0.728. The van der Waals surface area contributed by atoms with Gasteiger partial charge in [-0.25, -0.2) is 0 Å². The summed E-state index contributed by atoms with van der Waals surface area (Å²) in [4.78, 5) is 0. The number of ether oxygens (including phenoxy) is 2. The lowest BCUT2D eigenvalue weighted by Crippen LogP contribution is -2.01. The minimum Gasteiger partial charge on any atom is -0.493 e. The molecule has 0 saturated carbocycles. The number of hydrogen-bond acceptors (Lipinski definition) is 2. The van der Waals surface area contributed by atoms with Crippen molar-refractivity contribution in [1.29, 1.82) is 0 Å². The second-order valence-corrected chi connectivity index (χ2v) is 5.20. The van der Waals surface area contributed by atoms with Gasteiger partial charge in [-0.2, -0.15) is 0 Å². The van der Waals surface area contributed by atoms with Crippen LogP contribution >= 0.6 is 0 Å². The van der Waals surface area contributed by atoms with Gasteiger partial charge in [0.1, 0.15) is 17.2 Å². The van der Waals surface area contributed by atoms with Gasteiger partial charge >= 0.3 is 0 Å². The van der Waals surface area contributed by atoms with Gasteiger partial charge in [0.2, 0.25) is 0 Å². The van der Waals surface area contributed by atoms with Crippen LogP contribution in [-0.2, 0) is 6.42 Å². The normalized spacial score (nSPS) is 10.2. The monoisotopic (exact) mass is 296 g/mol. The summed E-state index contributed by atoms with van der Waals surface area (Å²) < 4.78 is 11.9. The molecule has 0 unspecified atom stereocenters. The molecule has 2 heteroatoms. The maximum atomic E-state index is 6.00. The first-order valence-corrected chi connectivity index (χ1v) is 7.93. The van der Waals surface area contributed by atoms with Crippen LogP contribution in [0.1, 0.15) is 31.7 Å². The third-order valence-electron chi connectivity index (χ3n) is 3.41. The van der Waals surface area contributed by atoms with E-state index in [1.54, 1.807) is 0 Å². The Labute approximate surface area is 133 Å². The van der Waals surface area contributed by atoms with Gasteiger partial charge in [-0.15, -0.1) is 6.58 Å². The van der Waals surface area contributed by atoms with E-state index in [4.69, 9.17) is 9.47 Å². The van der Waals surface area contributed by atoms with E-state index in [0.717, 1.165) is 42.3 Å². The Morgan fingerprint density at radius 2 is 1.73 bits per heavy atom. The maximum absolute atomic E-state index is 6.00. The van der Waals surface area contributed by atoms with Crippen molar-refractivity contribution in [3.63, 3.8) is 0 Å². The second-order valence-electron chi connectivity index (χ2n) is 5.20. The smallest absolute Gasteiger partial charge is 0.134 e. The fourth-order valence-electron chi connectivity index (χ4n) is 2.27. The van der Waals surface area contributed by atoms with Crippen LogP contribution in [0.25, 0.3) is 0 Å². The summed E-state index contributed by atoms with van der Waals surface area (Å²) in [6.07, 6.45) is 6.07. The fourth-order valence-corrected chi connectivity index (χ4v) is 2.27. The summed E-state index contributed by atoms with van der Waals surface area (Å²) in [5.41, 5.74) is 1.05. The molecule has 0 spiro atoms. The van der Waals surface area contributed by atoms with E-state index in [-0.39, 0.29) is 0 Å². The Morgan fingerprint density at radius 1 is 0.955 bits per heavy atom. The molecule has 2 aromatic carbocycles. The van der Waals surface area contributed by atoms with Gasteiger partial charge in [0.15, 0.2) is 0 Å². The van der Waals surface area contributed by atoms with Crippen molar-refractivity contribution in [2.24, 2.45) is 0 Å². The standard InChI is InChI=1S/C20H24O2/c1-3-5-9-16-21-19-14-10-15-20(18(19)11-4-2)22-17-12-7-6-8-13-17/h4,6-8,10,12-15H,2-3,5,9,11,16H2,1H3. The highest BCUT2D eigenvalue weighted by molar-refractivity contribution is 5.47. The lowest BCUT2D eigenvalue weighted by Gasteiger charge is -2.15. The summed E-state index contributed by atoms with van der Waals surface area (Å²) in [5.74, 6) is 2.56. The highest BCUT2D eigenvalue weighted by Gasteiger charge is 2.10. The molecule has 2 rings (SSSR count). The van der Waals surface area contributed by atoms with Crippen molar-refractivity contribution in [2.45, 2.75) is 32.6 Å². The number of unbranched alkanes of at least 4 members (excludes halogenated alkanes) is 2. The molecule has 0 amide bonds. The van der Waals surface area contributed by atoms with Crippen molar-refractivity contribution in [1.82, 2.24) is 0 Å². The molecule has 0 bridgehead atoms. The first kappa shape index (κ1) is 16.2. The van der Waals surface area contributed by atoms with Crippen molar-refractivity contribution >= 4 is 0 Å². The van der Waals surface area contributed by atoms with Gasteiger partial charge in [-0.05, 0) is 37.1 Å². The van der Waals surface area contributed by atoms with E-state index >= 15 is 0 Å². The molecule has 0 aliphatic carbocycles. The van der Waals surface area contributed by atoms with Gasteiger partial charge < -0.3 is 9.47 Å². The highest BCUT2D eigenvalue weighted by Crippen LogP contribution is 2.32. The van der Waals surface area contributed by atoms with Crippen molar-refractivity contribution in [3.05, 3.63) is 66.7 Å². The van der Waals surface area contributed by atoms with Crippen LogP contribution in [0.2, 0.25) is 0 Å². The molecule has 116 valence electrons. The summed E-state index contributed by atoms with van der Waals surface area (Å²) in [6.45, 7) is 6.78. The topological polar surface area (TPSA) is 18.5 Å². The van der Waals surface area contributed by atoms with E-state index in [0.29, 0.717) is 0 Å². The fraction of sp³-hybridized carbons (Fsp3) is 0.300. The lowest BCUT2D eigenvalue weighted by atomic mass is 10.1. The lowest BCUT2D eigenvalue weighted by molar-refractivity contribution is 0.302. The number of hydrogen-bond donors (Lipinski definition) is 0. The van der Waals surface area contributed by atoms with E-state index in [1.165, 1.54) is 12.8 Å². The van der Waals surface area contributed by atoms with E-state index in [2.05, 4.69) is 13.5 Å². The van der Waals surface area contributed by atoms with Crippen LogP contribution in [0.4, 0.5) is 0 Å². The molecular weight excluding hydrogens is 272 g/mol. The molecule has 0 aliphatic heterocycles. The van der Waals surface area contributed by atoms with E-state index in [1.807, 2.05) is 54.6 Å². The maximum Gasteiger partial charge on any atom is 0.134 e. The third kappa shape index (κ3) is 4.66. The van der Waals surface area contributed by atoms with Gasteiger partial charge in [0.25, 0.3) is 0 Å². The van der Waals surface area contributed by atoms with Crippen molar-refractivity contribution < 1.29 is 9.47 Å². The zero-order valence-corrected chi connectivity index (χ0v) is 13.3. The Kier molecular flexibility index (Phi) is 6.56. The molecule has 2 nitrogen and oxygen atoms in total. The summed E-state index contributed by atoms with van der Waals surface area (Å²) >= 11 is 0. The van der Waals surface area contributed by atoms with Crippen LogP contribution < -0.4 is 9.47 Å². The third-order valence-corrected chi connectivity index (χ3v) is 3.41. The molecular formula is C20H24O2. The quantitative estimate of drug-likeness (QED) is 0.431. The Balaban J connectivity index is 2.16. The van der Waals surface area contributed by atoms with Crippen LogP contribution in [0.15, 0.2) is 61.2 Å². The van der Waals surface area contributed by atoms with Crippen LogP contribution in [0.3, 0.4) is 0 Å². The average molecular weight is 296 g/mol. The minimum absolute atomic E-state index is 0.728. The zero-order valence-electron chi connectivity index (χ0n) is 13.3. The molecule has 0 saturated heterocycles. The second kappa shape index (κ2) is 8.93. The molecule has 0 heterocycles. The molecule has 0 radical (unpaired) electrons. The molecule has 0 aromatic heterocycles. The summed E-state index contributed by atoms with van der Waals surface area (Å²) in [5, 5.41) is 0. The predicted molar refractivity (Wildman–Crippen MR) is 91.9 cm³/mol. The SMILES string of the molecule is C=CCc1c(OCCCCC)cccc1Oc1ccccc1. The van der Waals surface area contributed by atoms with E-state index < -0.39 is 0 Å². The number of para-hydroxylation sites is 1. The average Bonchev–Trinajstić information content (AvgIpc) is 2.55. The molecule has 0 atom stereocenters. The Hall–Kier alpha value is -2.22. The number of rotatable bonds is 9.